The van der Waals surface area contributed by atoms with Crippen LogP contribution in [0.1, 0.15) is 38.5 Å². The van der Waals surface area contributed by atoms with Crippen LogP contribution in [-0.4, -0.2) is 49.4 Å². The van der Waals surface area contributed by atoms with Gasteiger partial charge in [-0.05, 0) is 38.1 Å². The second kappa shape index (κ2) is 8.99. The molecule has 1 aromatic carbocycles. The standard InChI is InChI=1S/C20H29N3O2/c24-19(16-22-11-7-2-1-3-8-12-22)21-14-17-13-20(25)23(15-17)18-9-5-4-6-10-18/h4-6,9-10,17H,1-3,7-8,11-16H2,(H,21,24)/t17-/m1/s1. The fourth-order valence-electron chi connectivity index (χ4n) is 3.76. The van der Waals surface area contributed by atoms with E-state index in [9.17, 15) is 9.59 Å². The number of nitrogens with zero attached hydrogens (tertiary/aromatic N) is 2. The summed E-state index contributed by atoms with van der Waals surface area (Å²) >= 11 is 0. The molecule has 136 valence electrons. The Hall–Kier alpha value is -1.88. The molecule has 2 saturated heterocycles. The van der Waals surface area contributed by atoms with Crippen LogP contribution in [0, 0.1) is 5.92 Å². The number of para-hydroxylation sites is 1. The first-order valence-electron chi connectivity index (χ1n) is 9.57. The lowest BCUT2D eigenvalue weighted by atomic mass is 10.1. The number of hydrogen-bond donors (Lipinski definition) is 1. The molecule has 2 fully saturated rings. The summed E-state index contributed by atoms with van der Waals surface area (Å²) in [6.45, 7) is 3.81. The lowest BCUT2D eigenvalue weighted by Crippen LogP contribution is -2.40. The summed E-state index contributed by atoms with van der Waals surface area (Å²) in [5, 5.41) is 3.04. The molecular formula is C20H29N3O2. The van der Waals surface area contributed by atoms with Gasteiger partial charge in [-0.25, -0.2) is 0 Å². The molecule has 2 aliphatic rings. The number of anilines is 1. The van der Waals surface area contributed by atoms with Gasteiger partial charge in [-0.1, -0.05) is 37.5 Å². The third-order valence-corrected chi connectivity index (χ3v) is 5.18. The predicted molar refractivity (Wildman–Crippen MR) is 99.4 cm³/mol. The van der Waals surface area contributed by atoms with E-state index in [-0.39, 0.29) is 17.7 Å². The van der Waals surface area contributed by atoms with Gasteiger partial charge in [-0.15, -0.1) is 0 Å². The highest BCUT2D eigenvalue weighted by atomic mass is 16.2. The third-order valence-electron chi connectivity index (χ3n) is 5.18. The quantitative estimate of drug-likeness (QED) is 0.893. The number of benzene rings is 1. The average Bonchev–Trinajstić information content (AvgIpc) is 2.97. The molecule has 0 radical (unpaired) electrons. The van der Waals surface area contributed by atoms with Crippen LogP contribution in [0.5, 0.6) is 0 Å². The molecule has 1 aromatic rings. The predicted octanol–water partition coefficient (Wildman–Crippen LogP) is 2.42. The summed E-state index contributed by atoms with van der Waals surface area (Å²) in [6, 6.07) is 9.76. The number of likely N-dealkylation sites (tertiary alicyclic amines) is 1. The van der Waals surface area contributed by atoms with Crippen molar-refractivity contribution >= 4 is 17.5 Å². The summed E-state index contributed by atoms with van der Waals surface area (Å²) in [5.41, 5.74) is 0.946. The minimum Gasteiger partial charge on any atom is -0.355 e. The first kappa shape index (κ1) is 17.9. The largest absolute Gasteiger partial charge is 0.355 e. The second-order valence-corrected chi connectivity index (χ2v) is 7.26. The van der Waals surface area contributed by atoms with E-state index in [1.807, 2.05) is 35.2 Å². The number of rotatable bonds is 5. The Morgan fingerprint density at radius 1 is 1.04 bits per heavy atom. The Kier molecular flexibility index (Phi) is 6.45. The third kappa shape index (κ3) is 5.30. The van der Waals surface area contributed by atoms with E-state index >= 15 is 0 Å². The molecule has 0 unspecified atom stereocenters. The first-order valence-corrected chi connectivity index (χ1v) is 9.57. The molecule has 1 N–H and O–H groups in total. The van der Waals surface area contributed by atoms with Gasteiger partial charge in [0.05, 0.1) is 6.54 Å². The van der Waals surface area contributed by atoms with E-state index in [2.05, 4.69) is 10.2 Å². The molecule has 0 bridgehead atoms. The van der Waals surface area contributed by atoms with Gasteiger partial charge < -0.3 is 10.2 Å². The van der Waals surface area contributed by atoms with E-state index in [1.54, 1.807) is 0 Å². The number of carbonyl (C=O) groups is 2. The Bertz CT molecular complexity index is 568. The summed E-state index contributed by atoms with van der Waals surface area (Å²) in [4.78, 5) is 28.6. The van der Waals surface area contributed by atoms with Crippen molar-refractivity contribution < 1.29 is 9.59 Å². The molecule has 0 spiro atoms. The van der Waals surface area contributed by atoms with Crippen molar-refractivity contribution in [2.24, 2.45) is 5.92 Å². The van der Waals surface area contributed by atoms with Gasteiger partial charge in [0.2, 0.25) is 11.8 Å². The van der Waals surface area contributed by atoms with Crippen molar-refractivity contribution in [2.75, 3.05) is 37.6 Å². The topological polar surface area (TPSA) is 52.7 Å². The lowest BCUT2D eigenvalue weighted by molar-refractivity contribution is -0.123. The Morgan fingerprint density at radius 2 is 1.72 bits per heavy atom. The molecule has 0 saturated carbocycles. The molecular weight excluding hydrogens is 314 g/mol. The summed E-state index contributed by atoms with van der Waals surface area (Å²) in [7, 11) is 0. The van der Waals surface area contributed by atoms with E-state index in [1.165, 1.54) is 32.1 Å². The zero-order valence-electron chi connectivity index (χ0n) is 15.0. The van der Waals surface area contributed by atoms with Crippen LogP contribution < -0.4 is 10.2 Å². The minimum atomic E-state index is 0.0891. The summed E-state index contributed by atoms with van der Waals surface area (Å²) in [6.07, 6.45) is 6.77. The number of hydrogen-bond acceptors (Lipinski definition) is 3. The molecule has 2 heterocycles. The number of amides is 2. The van der Waals surface area contributed by atoms with Crippen LogP contribution in [0.2, 0.25) is 0 Å². The van der Waals surface area contributed by atoms with E-state index in [4.69, 9.17) is 0 Å². The molecule has 5 nitrogen and oxygen atoms in total. The molecule has 2 aliphatic heterocycles. The molecule has 5 heteroatoms. The maximum atomic E-state index is 12.2. The molecule has 1 atom stereocenters. The molecule has 0 aliphatic carbocycles. The van der Waals surface area contributed by atoms with Crippen molar-refractivity contribution in [1.29, 1.82) is 0 Å². The van der Waals surface area contributed by atoms with Crippen LogP contribution in [-0.2, 0) is 9.59 Å². The lowest BCUT2D eigenvalue weighted by Gasteiger charge is -2.24. The van der Waals surface area contributed by atoms with Gasteiger partial charge >= 0.3 is 0 Å². The van der Waals surface area contributed by atoms with Crippen LogP contribution in [0.15, 0.2) is 30.3 Å². The first-order chi connectivity index (χ1) is 12.2. The molecule has 2 amide bonds. The Morgan fingerprint density at radius 3 is 2.44 bits per heavy atom. The fourth-order valence-corrected chi connectivity index (χ4v) is 3.76. The van der Waals surface area contributed by atoms with Crippen LogP contribution >= 0.6 is 0 Å². The maximum Gasteiger partial charge on any atom is 0.234 e. The van der Waals surface area contributed by atoms with Crippen molar-refractivity contribution in [2.45, 2.75) is 38.5 Å². The van der Waals surface area contributed by atoms with Crippen LogP contribution in [0.4, 0.5) is 5.69 Å². The Labute approximate surface area is 150 Å². The fraction of sp³-hybridized carbons (Fsp3) is 0.600. The van der Waals surface area contributed by atoms with Gasteiger partial charge in [0.1, 0.15) is 0 Å². The van der Waals surface area contributed by atoms with Crippen LogP contribution in [0.3, 0.4) is 0 Å². The van der Waals surface area contributed by atoms with Crippen molar-refractivity contribution in [3.05, 3.63) is 30.3 Å². The molecule has 0 aromatic heterocycles. The van der Waals surface area contributed by atoms with Crippen molar-refractivity contribution in [1.82, 2.24) is 10.2 Å². The number of nitrogens with one attached hydrogen (secondary N) is 1. The van der Waals surface area contributed by atoms with Crippen molar-refractivity contribution in [3.63, 3.8) is 0 Å². The molecule has 3 rings (SSSR count). The monoisotopic (exact) mass is 343 g/mol. The highest BCUT2D eigenvalue weighted by molar-refractivity contribution is 5.95. The van der Waals surface area contributed by atoms with E-state index in [0.717, 1.165) is 18.8 Å². The van der Waals surface area contributed by atoms with Gasteiger partial charge in [0, 0.05) is 31.1 Å². The van der Waals surface area contributed by atoms with Crippen molar-refractivity contribution in [3.8, 4) is 0 Å². The summed E-state index contributed by atoms with van der Waals surface area (Å²) < 4.78 is 0. The van der Waals surface area contributed by atoms with E-state index in [0.29, 0.717) is 26.1 Å². The van der Waals surface area contributed by atoms with Gasteiger partial charge in [0.25, 0.3) is 0 Å². The Balaban J connectivity index is 1.42. The zero-order chi connectivity index (χ0) is 17.5. The molecule has 25 heavy (non-hydrogen) atoms. The SMILES string of the molecule is O=C(CN1CCCCCCC1)NC[C@H]1CC(=O)N(c2ccccc2)C1. The highest BCUT2D eigenvalue weighted by Gasteiger charge is 2.30. The average molecular weight is 343 g/mol. The van der Waals surface area contributed by atoms with Gasteiger partial charge in [0.15, 0.2) is 0 Å². The smallest absolute Gasteiger partial charge is 0.234 e. The highest BCUT2D eigenvalue weighted by Crippen LogP contribution is 2.24. The maximum absolute atomic E-state index is 12.2. The minimum absolute atomic E-state index is 0.0891. The van der Waals surface area contributed by atoms with E-state index < -0.39 is 0 Å². The second-order valence-electron chi connectivity index (χ2n) is 7.26. The van der Waals surface area contributed by atoms with Gasteiger partial charge in [-0.3, -0.25) is 14.5 Å². The zero-order valence-corrected chi connectivity index (χ0v) is 15.0. The number of carbonyl (C=O) groups excluding carboxylic acids is 2. The summed E-state index contributed by atoms with van der Waals surface area (Å²) in [5.74, 6) is 0.435. The van der Waals surface area contributed by atoms with Crippen LogP contribution in [0.25, 0.3) is 0 Å². The normalized spacial score (nSPS) is 22.5. The van der Waals surface area contributed by atoms with Gasteiger partial charge in [-0.2, -0.15) is 0 Å².